The van der Waals surface area contributed by atoms with Gasteiger partial charge in [-0.2, -0.15) is 0 Å². The molecule has 7 nitrogen and oxygen atoms in total. The Bertz CT molecular complexity index is 1060. The van der Waals surface area contributed by atoms with Crippen LogP contribution in [0, 0.1) is 0 Å². The van der Waals surface area contributed by atoms with Crippen LogP contribution in [0.25, 0.3) is 11.5 Å². The number of carbonyl (C=O) groups excluding carboxylic acids is 2. The van der Waals surface area contributed by atoms with E-state index in [0.717, 1.165) is 41.6 Å². The number of hydrogen-bond donors (Lipinski definition) is 1. The number of fused-ring (bicyclic) bond motifs is 1. The summed E-state index contributed by atoms with van der Waals surface area (Å²) in [6.45, 7) is 3.71. The molecule has 0 saturated carbocycles. The maximum Gasteiger partial charge on any atom is 0.254 e. The first-order chi connectivity index (χ1) is 14.6. The van der Waals surface area contributed by atoms with Gasteiger partial charge >= 0.3 is 0 Å². The molecule has 0 radical (unpaired) electrons. The Labute approximate surface area is 175 Å². The molecule has 1 unspecified atom stereocenters. The second-order valence-corrected chi connectivity index (χ2v) is 7.42. The molecule has 0 saturated heterocycles. The minimum Gasteiger partial charge on any atom is -0.419 e. The van der Waals surface area contributed by atoms with E-state index in [1.165, 1.54) is 6.92 Å². The van der Waals surface area contributed by atoms with Crippen LogP contribution in [0.4, 0.5) is 5.69 Å². The number of unbranched alkanes of at least 4 members (excludes halogenated alkanes) is 1. The molecule has 0 aliphatic carbocycles. The molecule has 2 heterocycles. The summed E-state index contributed by atoms with van der Waals surface area (Å²) >= 11 is 0. The molecule has 1 aliphatic heterocycles. The van der Waals surface area contributed by atoms with E-state index in [-0.39, 0.29) is 18.4 Å². The average molecular weight is 404 g/mol. The normalized spacial score (nSPS) is 15.3. The molecule has 30 heavy (non-hydrogen) atoms. The summed E-state index contributed by atoms with van der Waals surface area (Å²) in [5, 5.41) is 11.0. The van der Waals surface area contributed by atoms with E-state index in [4.69, 9.17) is 4.42 Å². The first-order valence-corrected chi connectivity index (χ1v) is 10.2. The highest BCUT2D eigenvalue weighted by molar-refractivity contribution is 6.06. The minimum absolute atomic E-state index is 0.149. The molecule has 0 bridgehead atoms. The van der Waals surface area contributed by atoms with Crippen LogP contribution in [-0.4, -0.2) is 22.0 Å². The van der Waals surface area contributed by atoms with Gasteiger partial charge in [0.2, 0.25) is 17.7 Å². The highest BCUT2D eigenvalue weighted by Crippen LogP contribution is 2.38. The Morgan fingerprint density at radius 1 is 1.17 bits per heavy atom. The van der Waals surface area contributed by atoms with Gasteiger partial charge in [0, 0.05) is 18.1 Å². The van der Waals surface area contributed by atoms with Gasteiger partial charge < -0.3 is 14.6 Å². The molecule has 7 heteroatoms. The molecule has 3 aromatic rings. The second kappa shape index (κ2) is 8.49. The topological polar surface area (TPSA) is 88.3 Å². The van der Waals surface area contributed by atoms with Crippen LogP contribution in [0.5, 0.6) is 0 Å². The fraction of sp³-hybridized carbons (Fsp3) is 0.304. The predicted octanol–water partition coefficient (Wildman–Crippen LogP) is 3.80. The molecule has 2 amide bonds. The third-order valence-corrected chi connectivity index (χ3v) is 5.15. The monoisotopic (exact) mass is 404 g/mol. The molecule has 1 N–H and O–H groups in total. The molecule has 1 aliphatic rings. The van der Waals surface area contributed by atoms with Gasteiger partial charge in [-0.3, -0.25) is 9.59 Å². The van der Waals surface area contributed by atoms with Gasteiger partial charge in [0.25, 0.3) is 5.91 Å². The number of aromatic nitrogens is 2. The van der Waals surface area contributed by atoms with Crippen LogP contribution >= 0.6 is 0 Å². The Morgan fingerprint density at radius 3 is 2.70 bits per heavy atom. The maximum absolute atomic E-state index is 13.1. The van der Waals surface area contributed by atoms with Crippen molar-refractivity contribution in [2.75, 3.05) is 4.90 Å². The van der Waals surface area contributed by atoms with Gasteiger partial charge in [-0.05, 0) is 36.6 Å². The van der Waals surface area contributed by atoms with E-state index in [0.29, 0.717) is 11.8 Å². The number of hydrogen-bond acceptors (Lipinski definition) is 5. The van der Waals surface area contributed by atoms with Crippen molar-refractivity contribution in [3.8, 4) is 11.5 Å². The van der Waals surface area contributed by atoms with Crippen molar-refractivity contribution in [1.82, 2.24) is 15.5 Å². The lowest BCUT2D eigenvalue weighted by Gasteiger charge is -2.15. The summed E-state index contributed by atoms with van der Waals surface area (Å²) in [6.07, 6.45) is 3.11. The Hall–Kier alpha value is -3.48. The van der Waals surface area contributed by atoms with Crippen molar-refractivity contribution in [2.45, 2.75) is 45.7 Å². The number of nitrogens with zero attached hydrogens (tertiary/aromatic N) is 3. The van der Waals surface area contributed by atoms with E-state index in [1.807, 2.05) is 48.5 Å². The van der Waals surface area contributed by atoms with Gasteiger partial charge in [0.15, 0.2) is 0 Å². The molecule has 154 valence electrons. The van der Waals surface area contributed by atoms with Crippen molar-refractivity contribution >= 4 is 17.5 Å². The fourth-order valence-corrected chi connectivity index (χ4v) is 3.68. The van der Waals surface area contributed by atoms with Gasteiger partial charge in [-0.1, -0.05) is 43.7 Å². The molecule has 0 spiro atoms. The largest absolute Gasteiger partial charge is 0.419 e. The van der Waals surface area contributed by atoms with Crippen molar-refractivity contribution in [2.24, 2.45) is 0 Å². The standard InChI is InChI=1S/C23H24N4O3/c1-3-4-8-16-11-12-19-18(13-16)21(24-15(2)28)23(29)27(19)14-20-25-26-22(30-20)17-9-6-5-7-10-17/h5-7,9-13,21H,3-4,8,14H2,1-2H3,(H,24,28). The molecule has 4 rings (SSSR count). The zero-order valence-corrected chi connectivity index (χ0v) is 17.1. The van der Waals surface area contributed by atoms with Gasteiger partial charge in [-0.25, -0.2) is 0 Å². The van der Waals surface area contributed by atoms with Crippen molar-refractivity contribution in [3.63, 3.8) is 0 Å². The third kappa shape index (κ3) is 3.96. The van der Waals surface area contributed by atoms with E-state index < -0.39 is 6.04 Å². The summed E-state index contributed by atoms with van der Waals surface area (Å²) in [5.74, 6) is 0.300. The van der Waals surface area contributed by atoms with Gasteiger partial charge in [0.05, 0.1) is 5.69 Å². The van der Waals surface area contributed by atoms with Crippen molar-refractivity contribution in [3.05, 3.63) is 65.5 Å². The lowest BCUT2D eigenvalue weighted by atomic mass is 10.0. The van der Waals surface area contributed by atoms with Gasteiger partial charge in [-0.15, -0.1) is 10.2 Å². The number of nitrogens with one attached hydrogen (secondary N) is 1. The summed E-state index contributed by atoms with van der Waals surface area (Å²) in [5.41, 5.74) is 3.55. The van der Waals surface area contributed by atoms with Crippen LogP contribution in [0.2, 0.25) is 0 Å². The highest BCUT2D eigenvalue weighted by atomic mass is 16.4. The Balaban J connectivity index is 1.62. The zero-order chi connectivity index (χ0) is 21.1. The lowest BCUT2D eigenvalue weighted by molar-refractivity contribution is -0.126. The van der Waals surface area contributed by atoms with E-state index in [9.17, 15) is 9.59 Å². The van der Waals surface area contributed by atoms with Crippen LogP contribution in [0.15, 0.2) is 52.9 Å². The van der Waals surface area contributed by atoms with Crippen LogP contribution in [0.1, 0.15) is 49.7 Å². The van der Waals surface area contributed by atoms with Crippen LogP contribution in [-0.2, 0) is 22.6 Å². The number of anilines is 1. The first-order valence-electron chi connectivity index (χ1n) is 10.2. The Morgan fingerprint density at radius 2 is 1.97 bits per heavy atom. The smallest absolute Gasteiger partial charge is 0.254 e. The van der Waals surface area contributed by atoms with Crippen molar-refractivity contribution < 1.29 is 14.0 Å². The zero-order valence-electron chi connectivity index (χ0n) is 17.1. The molecule has 2 aromatic carbocycles. The highest BCUT2D eigenvalue weighted by Gasteiger charge is 2.38. The fourth-order valence-electron chi connectivity index (χ4n) is 3.68. The number of carbonyl (C=O) groups is 2. The minimum atomic E-state index is -0.699. The lowest BCUT2D eigenvalue weighted by Crippen LogP contribution is -2.36. The van der Waals surface area contributed by atoms with Crippen molar-refractivity contribution in [1.29, 1.82) is 0 Å². The predicted molar refractivity (Wildman–Crippen MR) is 113 cm³/mol. The molecule has 0 fully saturated rings. The molecular weight excluding hydrogens is 380 g/mol. The number of amides is 2. The Kier molecular flexibility index (Phi) is 5.61. The first kappa shape index (κ1) is 19.8. The summed E-state index contributed by atoms with van der Waals surface area (Å²) in [6, 6.07) is 14.8. The third-order valence-electron chi connectivity index (χ3n) is 5.15. The maximum atomic E-state index is 13.1. The second-order valence-electron chi connectivity index (χ2n) is 7.42. The number of rotatable bonds is 7. The molecule has 1 atom stereocenters. The van der Waals surface area contributed by atoms with E-state index >= 15 is 0 Å². The average Bonchev–Trinajstić information content (AvgIpc) is 3.32. The quantitative estimate of drug-likeness (QED) is 0.647. The summed E-state index contributed by atoms with van der Waals surface area (Å²) in [7, 11) is 0. The van der Waals surface area contributed by atoms with E-state index in [2.05, 4.69) is 22.4 Å². The summed E-state index contributed by atoms with van der Waals surface area (Å²) < 4.78 is 5.78. The molecular formula is C23H24N4O3. The van der Waals surface area contributed by atoms with E-state index in [1.54, 1.807) is 4.90 Å². The van der Waals surface area contributed by atoms with Crippen LogP contribution < -0.4 is 10.2 Å². The summed E-state index contributed by atoms with van der Waals surface area (Å²) in [4.78, 5) is 26.4. The SMILES string of the molecule is CCCCc1ccc2c(c1)C(NC(C)=O)C(=O)N2Cc1nnc(-c2ccccc2)o1. The number of benzene rings is 2. The number of aryl methyl sites for hydroxylation is 1. The van der Waals surface area contributed by atoms with Gasteiger partial charge in [0.1, 0.15) is 12.6 Å². The molecule has 1 aromatic heterocycles. The van der Waals surface area contributed by atoms with Crippen LogP contribution in [0.3, 0.4) is 0 Å².